The fourth-order valence-electron chi connectivity index (χ4n) is 2.01. The Labute approximate surface area is 126 Å². The van der Waals surface area contributed by atoms with Gasteiger partial charge in [0.25, 0.3) is 5.91 Å². The SMILES string of the molecule is CC(C)(C)NC1=NC(C)(c2ccc(F)cc2Br)C(=O)N1. The third-order valence-corrected chi connectivity index (χ3v) is 3.61. The number of halogens is 2. The van der Waals surface area contributed by atoms with Crippen LogP contribution in [0.4, 0.5) is 4.39 Å². The van der Waals surface area contributed by atoms with Crippen LogP contribution < -0.4 is 10.6 Å². The van der Waals surface area contributed by atoms with E-state index in [2.05, 4.69) is 31.6 Å². The van der Waals surface area contributed by atoms with E-state index in [9.17, 15) is 9.18 Å². The maximum atomic E-state index is 13.2. The van der Waals surface area contributed by atoms with E-state index in [0.717, 1.165) is 0 Å². The molecule has 0 spiro atoms. The number of amides is 1. The highest BCUT2D eigenvalue weighted by atomic mass is 79.9. The summed E-state index contributed by atoms with van der Waals surface area (Å²) in [7, 11) is 0. The molecule has 1 aromatic rings. The Bertz CT molecular complexity index is 595. The minimum atomic E-state index is -1.07. The zero-order valence-electron chi connectivity index (χ0n) is 11.8. The summed E-state index contributed by atoms with van der Waals surface area (Å²) in [5.74, 6) is -0.169. The van der Waals surface area contributed by atoms with Gasteiger partial charge >= 0.3 is 0 Å². The minimum Gasteiger partial charge on any atom is -0.351 e. The number of nitrogens with one attached hydrogen (secondary N) is 2. The maximum absolute atomic E-state index is 13.2. The number of guanidine groups is 1. The first-order valence-corrected chi connectivity index (χ1v) is 7.06. The second-order valence-corrected chi connectivity index (χ2v) is 6.84. The summed E-state index contributed by atoms with van der Waals surface area (Å²) in [4.78, 5) is 16.7. The molecule has 1 atom stereocenters. The molecule has 0 saturated heterocycles. The highest BCUT2D eigenvalue weighted by Crippen LogP contribution is 2.34. The van der Waals surface area contributed by atoms with Gasteiger partial charge in [0.1, 0.15) is 5.82 Å². The van der Waals surface area contributed by atoms with E-state index in [0.29, 0.717) is 16.0 Å². The quantitative estimate of drug-likeness (QED) is 0.825. The summed E-state index contributed by atoms with van der Waals surface area (Å²) in [6.07, 6.45) is 0. The van der Waals surface area contributed by atoms with Crippen molar-refractivity contribution in [2.75, 3.05) is 0 Å². The number of nitrogens with zero attached hydrogens (tertiary/aromatic N) is 1. The van der Waals surface area contributed by atoms with Crippen molar-refractivity contribution in [3.8, 4) is 0 Å². The molecule has 108 valence electrons. The van der Waals surface area contributed by atoms with Crippen LogP contribution in [0, 0.1) is 5.82 Å². The Kier molecular flexibility index (Phi) is 3.62. The van der Waals surface area contributed by atoms with Crippen LogP contribution >= 0.6 is 15.9 Å². The summed E-state index contributed by atoms with van der Waals surface area (Å²) < 4.78 is 13.7. The van der Waals surface area contributed by atoms with Gasteiger partial charge in [0.2, 0.25) is 0 Å². The Morgan fingerprint density at radius 1 is 1.40 bits per heavy atom. The standard InChI is InChI=1S/C14H17BrFN3O/c1-13(2,3)18-12-17-11(20)14(4,19-12)9-6-5-8(16)7-10(9)15/h5-7H,1-4H3,(H2,17,18,19,20). The van der Waals surface area contributed by atoms with Gasteiger partial charge < -0.3 is 5.32 Å². The Hall–Kier alpha value is -1.43. The normalized spacial score (nSPS) is 22.5. The number of carbonyl (C=O) groups excluding carboxylic acids is 1. The largest absolute Gasteiger partial charge is 0.351 e. The molecule has 2 rings (SSSR count). The fraction of sp³-hybridized carbons (Fsp3) is 0.429. The lowest BCUT2D eigenvalue weighted by atomic mass is 9.92. The van der Waals surface area contributed by atoms with Gasteiger partial charge in [0.15, 0.2) is 11.5 Å². The topological polar surface area (TPSA) is 53.5 Å². The second-order valence-electron chi connectivity index (χ2n) is 5.99. The average molecular weight is 342 g/mol. The summed E-state index contributed by atoms with van der Waals surface area (Å²) in [6, 6.07) is 4.23. The molecule has 1 unspecified atom stereocenters. The van der Waals surface area contributed by atoms with Gasteiger partial charge in [0.05, 0.1) is 0 Å². The summed E-state index contributed by atoms with van der Waals surface area (Å²) in [6.45, 7) is 7.64. The predicted molar refractivity (Wildman–Crippen MR) is 79.9 cm³/mol. The lowest BCUT2D eigenvalue weighted by molar-refractivity contribution is -0.123. The van der Waals surface area contributed by atoms with E-state index in [1.54, 1.807) is 13.0 Å². The van der Waals surface area contributed by atoms with Crippen molar-refractivity contribution in [3.05, 3.63) is 34.1 Å². The number of carbonyl (C=O) groups is 1. The molecule has 1 heterocycles. The third kappa shape index (κ3) is 2.85. The van der Waals surface area contributed by atoms with Gasteiger partial charge in [-0.15, -0.1) is 0 Å². The zero-order chi connectivity index (χ0) is 15.1. The van der Waals surface area contributed by atoms with Crippen LogP contribution in [0.2, 0.25) is 0 Å². The molecular weight excluding hydrogens is 325 g/mol. The summed E-state index contributed by atoms with van der Waals surface area (Å²) in [5, 5.41) is 5.86. The van der Waals surface area contributed by atoms with Crippen molar-refractivity contribution in [1.29, 1.82) is 0 Å². The highest BCUT2D eigenvalue weighted by Gasteiger charge is 2.42. The van der Waals surface area contributed by atoms with Gasteiger partial charge in [0, 0.05) is 15.6 Å². The van der Waals surface area contributed by atoms with Crippen LogP contribution in [-0.4, -0.2) is 17.4 Å². The van der Waals surface area contributed by atoms with Gasteiger partial charge in [-0.05, 0) is 39.8 Å². The Balaban J connectivity index is 2.41. The van der Waals surface area contributed by atoms with Crippen molar-refractivity contribution >= 4 is 27.8 Å². The molecule has 0 bridgehead atoms. The van der Waals surface area contributed by atoms with Crippen molar-refractivity contribution in [1.82, 2.24) is 10.6 Å². The van der Waals surface area contributed by atoms with E-state index in [1.165, 1.54) is 12.1 Å². The Morgan fingerprint density at radius 3 is 2.60 bits per heavy atom. The first kappa shape index (κ1) is 15.0. The number of benzene rings is 1. The van der Waals surface area contributed by atoms with Crippen molar-refractivity contribution in [2.45, 2.75) is 38.8 Å². The lowest BCUT2D eigenvalue weighted by Gasteiger charge is -2.21. The lowest BCUT2D eigenvalue weighted by Crippen LogP contribution is -2.47. The van der Waals surface area contributed by atoms with E-state index in [-0.39, 0.29) is 17.3 Å². The summed E-state index contributed by atoms with van der Waals surface area (Å²) >= 11 is 3.29. The van der Waals surface area contributed by atoms with Crippen LogP contribution in [0.3, 0.4) is 0 Å². The molecule has 0 fully saturated rings. The van der Waals surface area contributed by atoms with Gasteiger partial charge in [-0.1, -0.05) is 22.0 Å². The molecule has 1 amide bonds. The molecule has 6 heteroatoms. The predicted octanol–water partition coefficient (Wildman–Crippen LogP) is 2.68. The number of rotatable bonds is 1. The average Bonchev–Trinajstić information content (AvgIpc) is 2.51. The molecule has 0 aliphatic carbocycles. The molecule has 0 aromatic heterocycles. The maximum Gasteiger partial charge on any atom is 0.259 e. The molecular formula is C14H17BrFN3O. The van der Waals surface area contributed by atoms with Crippen LogP contribution in [0.15, 0.2) is 27.7 Å². The molecule has 1 aliphatic heterocycles. The van der Waals surface area contributed by atoms with Gasteiger partial charge in [-0.2, -0.15) is 0 Å². The molecule has 0 saturated carbocycles. The first-order chi connectivity index (χ1) is 9.12. The molecule has 2 N–H and O–H groups in total. The highest BCUT2D eigenvalue weighted by molar-refractivity contribution is 9.10. The fourth-order valence-corrected chi connectivity index (χ4v) is 2.75. The van der Waals surface area contributed by atoms with E-state index in [1.807, 2.05) is 20.8 Å². The smallest absolute Gasteiger partial charge is 0.259 e. The van der Waals surface area contributed by atoms with E-state index >= 15 is 0 Å². The monoisotopic (exact) mass is 341 g/mol. The molecule has 4 nitrogen and oxygen atoms in total. The van der Waals surface area contributed by atoms with Crippen molar-refractivity contribution < 1.29 is 9.18 Å². The molecule has 1 aromatic carbocycles. The van der Waals surface area contributed by atoms with Crippen LogP contribution in [-0.2, 0) is 10.3 Å². The number of hydrogen-bond acceptors (Lipinski definition) is 3. The van der Waals surface area contributed by atoms with Gasteiger partial charge in [-0.3, -0.25) is 10.1 Å². The van der Waals surface area contributed by atoms with Crippen LogP contribution in [0.25, 0.3) is 0 Å². The second kappa shape index (κ2) is 4.84. The molecule has 0 radical (unpaired) electrons. The van der Waals surface area contributed by atoms with Crippen LogP contribution in [0.1, 0.15) is 33.3 Å². The number of hydrogen-bond donors (Lipinski definition) is 2. The van der Waals surface area contributed by atoms with Crippen LogP contribution in [0.5, 0.6) is 0 Å². The molecule has 1 aliphatic rings. The Morgan fingerprint density at radius 2 is 2.05 bits per heavy atom. The van der Waals surface area contributed by atoms with E-state index in [4.69, 9.17) is 0 Å². The molecule has 20 heavy (non-hydrogen) atoms. The van der Waals surface area contributed by atoms with Crippen molar-refractivity contribution in [2.24, 2.45) is 4.99 Å². The zero-order valence-corrected chi connectivity index (χ0v) is 13.4. The minimum absolute atomic E-state index is 0.211. The van der Waals surface area contributed by atoms with Gasteiger partial charge in [-0.25, -0.2) is 9.38 Å². The third-order valence-electron chi connectivity index (χ3n) is 2.96. The first-order valence-electron chi connectivity index (χ1n) is 6.27. The van der Waals surface area contributed by atoms with Crippen molar-refractivity contribution in [3.63, 3.8) is 0 Å². The van der Waals surface area contributed by atoms with E-state index < -0.39 is 5.54 Å². The number of aliphatic imine (C=N–C) groups is 1. The summed E-state index contributed by atoms with van der Waals surface area (Å²) in [5.41, 5.74) is -0.653.